The van der Waals surface area contributed by atoms with Gasteiger partial charge in [0.1, 0.15) is 0 Å². The molecule has 0 saturated carbocycles. The van der Waals surface area contributed by atoms with Gasteiger partial charge in [-0.15, -0.1) is 0 Å². The van der Waals surface area contributed by atoms with Crippen LogP contribution < -0.4 is 40.0 Å². The number of amides is 1. The Bertz CT molecular complexity index is 1060. The van der Waals surface area contributed by atoms with E-state index >= 15 is 0 Å². The molecule has 1 heterocycles. The predicted octanol–water partition coefficient (Wildman–Crippen LogP) is -2.25. The summed E-state index contributed by atoms with van der Waals surface area (Å²) in [6.45, 7) is 0.0968. The molecule has 0 radical (unpaired) electrons. The van der Waals surface area contributed by atoms with Crippen LogP contribution in [0.4, 0.5) is 11.4 Å². The largest absolute Gasteiger partial charge is 1.00 e. The fraction of sp³-hybridized carbons (Fsp3) is 0.222. The van der Waals surface area contributed by atoms with E-state index in [4.69, 9.17) is 0 Å². The van der Waals surface area contributed by atoms with Gasteiger partial charge in [-0.2, -0.15) is 4.31 Å². The molecular formula is C18H16N3NaO7S. The fourth-order valence-electron chi connectivity index (χ4n) is 3.05. The number of benzene rings is 2. The number of carboxylic acid groups (broad SMARTS) is 1. The molecule has 1 amide bonds. The first-order valence-corrected chi connectivity index (χ1v) is 10.0. The number of hydrogen-bond acceptors (Lipinski definition) is 7. The standard InChI is InChI=1S/C18H17N3O7S.Na/c22-17(12-3-7-14(8-4-12)21(25)26)19-13-5-9-15(10-6-13)29(27,28)20-11-1-2-16(20)18(23)24;/h3-10,16H,1-2,11H2,(H,19,22)(H,23,24);/q;+1/p-1/t16-;/m0./s1. The van der Waals surface area contributed by atoms with Crippen LogP contribution in [0.1, 0.15) is 23.2 Å². The Balaban J connectivity index is 0.00000320. The van der Waals surface area contributed by atoms with Crippen LogP contribution in [0.2, 0.25) is 0 Å². The topological polar surface area (TPSA) is 150 Å². The summed E-state index contributed by atoms with van der Waals surface area (Å²) in [5, 5.41) is 24.4. The van der Waals surface area contributed by atoms with Crippen molar-refractivity contribution < 1.29 is 57.6 Å². The van der Waals surface area contributed by atoms with Crippen LogP contribution in [0.15, 0.2) is 53.4 Å². The second kappa shape index (κ2) is 9.67. The molecule has 2 aromatic carbocycles. The fourth-order valence-corrected chi connectivity index (χ4v) is 4.69. The van der Waals surface area contributed by atoms with E-state index in [1.165, 1.54) is 48.5 Å². The number of sulfonamides is 1. The maximum Gasteiger partial charge on any atom is 1.00 e. The number of anilines is 1. The van der Waals surface area contributed by atoms with Crippen LogP contribution in [0, 0.1) is 10.1 Å². The third-order valence-corrected chi connectivity index (χ3v) is 6.46. The minimum atomic E-state index is -4.01. The number of aliphatic carboxylic acids is 1. The van der Waals surface area contributed by atoms with Gasteiger partial charge in [0.15, 0.2) is 0 Å². The van der Waals surface area contributed by atoms with Gasteiger partial charge in [0.25, 0.3) is 11.6 Å². The van der Waals surface area contributed by atoms with Gasteiger partial charge in [0.05, 0.1) is 21.8 Å². The van der Waals surface area contributed by atoms with Gasteiger partial charge in [0, 0.05) is 29.9 Å². The van der Waals surface area contributed by atoms with Crippen molar-refractivity contribution in [2.75, 3.05) is 11.9 Å². The number of hydrogen-bond donors (Lipinski definition) is 1. The Hall–Kier alpha value is -2.31. The molecule has 1 aliphatic heterocycles. The molecule has 1 fully saturated rings. The van der Waals surface area contributed by atoms with Crippen molar-refractivity contribution in [3.63, 3.8) is 0 Å². The van der Waals surface area contributed by atoms with Gasteiger partial charge in [-0.3, -0.25) is 14.9 Å². The van der Waals surface area contributed by atoms with E-state index in [2.05, 4.69) is 5.32 Å². The van der Waals surface area contributed by atoms with E-state index in [0.29, 0.717) is 12.1 Å². The molecule has 10 nitrogen and oxygen atoms in total. The van der Waals surface area contributed by atoms with Gasteiger partial charge in [0.2, 0.25) is 10.0 Å². The average molecular weight is 441 g/mol. The molecular weight excluding hydrogens is 425 g/mol. The summed E-state index contributed by atoms with van der Waals surface area (Å²) < 4.78 is 26.3. The van der Waals surface area contributed by atoms with Crippen LogP contribution in [-0.2, 0) is 14.8 Å². The van der Waals surface area contributed by atoms with Gasteiger partial charge in [-0.1, -0.05) is 0 Å². The summed E-state index contributed by atoms with van der Waals surface area (Å²) in [5.74, 6) is -1.95. The number of nitro groups is 1. The number of nitrogens with one attached hydrogen (secondary N) is 1. The SMILES string of the molecule is O=C(Nc1ccc(S(=O)(=O)N2CCC[C@H]2C(=O)[O-])cc1)c1ccc([N+](=O)[O-])cc1.[Na+]. The monoisotopic (exact) mass is 441 g/mol. The van der Waals surface area contributed by atoms with E-state index in [1.807, 2.05) is 0 Å². The summed E-state index contributed by atoms with van der Waals surface area (Å²) >= 11 is 0. The number of nitrogens with zero attached hydrogens (tertiary/aromatic N) is 2. The molecule has 0 aromatic heterocycles. The zero-order valence-corrected chi connectivity index (χ0v) is 18.8. The first-order chi connectivity index (χ1) is 13.7. The molecule has 1 saturated heterocycles. The number of non-ortho nitro benzene ring substituents is 1. The first-order valence-electron chi connectivity index (χ1n) is 8.59. The van der Waals surface area contributed by atoms with E-state index in [-0.39, 0.29) is 58.7 Å². The number of carbonyl (C=O) groups is 2. The average Bonchev–Trinajstić information content (AvgIpc) is 3.19. The normalized spacial score (nSPS) is 16.5. The van der Waals surface area contributed by atoms with E-state index < -0.39 is 32.9 Å². The number of nitro benzene ring substituents is 1. The van der Waals surface area contributed by atoms with Gasteiger partial charge in [-0.25, -0.2) is 8.42 Å². The van der Waals surface area contributed by atoms with Crippen molar-refractivity contribution in [3.8, 4) is 0 Å². The molecule has 152 valence electrons. The van der Waals surface area contributed by atoms with Crippen molar-refractivity contribution in [1.82, 2.24) is 4.31 Å². The zero-order valence-electron chi connectivity index (χ0n) is 16.0. The third kappa shape index (κ3) is 5.05. The van der Waals surface area contributed by atoms with E-state index in [0.717, 1.165) is 4.31 Å². The van der Waals surface area contributed by atoms with Crippen molar-refractivity contribution in [2.24, 2.45) is 0 Å². The van der Waals surface area contributed by atoms with Crippen molar-refractivity contribution in [2.45, 2.75) is 23.8 Å². The summed E-state index contributed by atoms with van der Waals surface area (Å²) in [5.41, 5.74) is 0.360. The van der Waals surface area contributed by atoms with Crippen LogP contribution in [0.5, 0.6) is 0 Å². The zero-order chi connectivity index (χ0) is 21.2. The first kappa shape index (κ1) is 24.0. The van der Waals surface area contributed by atoms with E-state index in [9.17, 15) is 33.2 Å². The Kier molecular flexibility index (Phi) is 7.72. The van der Waals surface area contributed by atoms with Gasteiger partial charge >= 0.3 is 29.6 Å². The van der Waals surface area contributed by atoms with Crippen LogP contribution >= 0.6 is 0 Å². The van der Waals surface area contributed by atoms with Gasteiger partial charge < -0.3 is 15.2 Å². The van der Waals surface area contributed by atoms with Crippen LogP contribution in [0.25, 0.3) is 0 Å². The molecule has 0 bridgehead atoms. The molecule has 3 rings (SSSR count). The quantitative estimate of drug-likeness (QED) is 0.302. The maximum absolute atomic E-state index is 12.7. The van der Waals surface area contributed by atoms with E-state index in [1.54, 1.807) is 0 Å². The molecule has 1 N–H and O–H groups in total. The molecule has 0 unspecified atom stereocenters. The Morgan fingerprint density at radius 1 is 1.07 bits per heavy atom. The summed E-state index contributed by atoms with van der Waals surface area (Å²) in [4.78, 5) is 33.4. The van der Waals surface area contributed by atoms with Crippen LogP contribution in [0.3, 0.4) is 0 Å². The number of carboxylic acids is 1. The van der Waals surface area contributed by atoms with Crippen molar-refractivity contribution >= 4 is 33.3 Å². The van der Waals surface area contributed by atoms with Crippen LogP contribution in [-0.4, -0.2) is 42.1 Å². The molecule has 1 atom stereocenters. The van der Waals surface area contributed by atoms with Crippen molar-refractivity contribution in [1.29, 1.82) is 0 Å². The minimum absolute atomic E-state index is 0. The summed E-state index contributed by atoms with van der Waals surface area (Å²) in [7, 11) is -4.01. The second-order valence-electron chi connectivity index (χ2n) is 6.38. The molecule has 12 heteroatoms. The Morgan fingerprint density at radius 2 is 1.67 bits per heavy atom. The maximum atomic E-state index is 12.7. The van der Waals surface area contributed by atoms with Crippen molar-refractivity contribution in [3.05, 3.63) is 64.2 Å². The summed E-state index contributed by atoms with van der Waals surface area (Å²) in [6.07, 6.45) is 0.631. The Labute approximate surface area is 194 Å². The smallest absolute Gasteiger partial charge is 0.548 e. The molecule has 0 spiro atoms. The molecule has 0 aliphatic carbocycles. The second-order valence-corrected chi connectivity index (χ2v) is 8.27. The molecule has 1 aliphatic rings. The number of rotatable bonds is 6. The number of carbonyl (C=O) groups excluding carboxylic acids is 2. The van der Waals surface area contributed by atoms with Gasteiger partial charge in [-0.05, 0) is 49.2 Å². The predicted molar refractivity (Wildman–Crippen MR) is 99.4 cm³/mol. The Morgan fingerprint density at radius 3 is 2.20 bits per heavy atom. The molecule has 2 aromatic rings. The minimum Gasteiger partial charge on any atom is -0.548 e. The molecule has 30 heavy (non-hydrogen) atoms. The summed E-state index contributed by atoms with van der Waals surface area (Å²) in [6, 6.07) is 9.11. The third-order valence-electron chi connectivity index (χ3n) is 4.53.